The molecule has 1 N–H and O–H groups in total. The molecule has 0 aliphatic carbocycles. The molecular formula is C26H27ClF3N3O3. The van der Waals surface area contributed by atoms with Gasteiger partial charge in [-0.3, -0.25) is 9.58 Å². The van der Waals surface area contributed by atoms with Crippen LogP contribution in [0.2, 0.25) is 5.02 Å². The molecule has 0 saturated carbocycles. The van der Waals surface area contributed by atoms with Crippen LogP contribution in [0, 0.1) is 0 Å². The van der Waals surface area contributed by atoms with Gasteiger partial charge in [-0.2, -0.15) is 18.3 Å². The summed E-state index contributed by atoms with van der Waals surface area (Å²) in [5.41, 5.74) is 0.774. The predicted molar refractivity (Wildman–Crippen MR) is 132 cm³/mol. The minimum atomic E-state index is -4.39. The van der Waals surface area contributed by atoms with Crippen molar-refractivity contribution in [1.82, 2.24) is 14.7 Å². The van der Waals surface area contributed by atoms with E-state index < -0.39 is 23.3 Å². The zero-order chi connectivity index (χ0) is 26.7. The number of carboxylic acid groups (broad SMARTS) is 1. The first-order valence-electron chi connectivity index (χ1n) is 11.0. The first kappa shape index (κ1) is 27.3. The Morgan fingerprint density at radius 2 is 1.83 bits per heavy atom. The fourth-order valence-corrected chi connectivity index (χ4v) is 3.77. The Morgan fingerprint density at radius 1 is 1.17 bits per heavy atom. The predicted octanol–water partition coefficient (Wildman–Crippen LogP) is 6.19. The molecule has 0 unspecified atom stereocenters. The van der Waals surface area contributed by atoms with E-state index in [4.69, 9.17) is 16.3 Å². The highest BCUT2D eigenvalue weighted by Gasteiger charge is 2.31. The minimum absolute atomic E-state index is 0.274. The second-order valence-electron chi connectivity index (χ2n) is 8.86. The average molecular weight is 522 g/mol. The zero-order valence-corrected chi connectivity index (χ0v) is 20.9. The van der Waals surface area contributed by atoms with Crippen molar-refractivity contribution in [2.75, 3.05) is 6.54 Å². The van der Waals surface area contributed by atoms with Gasteiger partial charge in [0.15, 0.2) is 5.60 Å². The van der Waals surface area contributed by atoms with Gasteiger partial charge in [0.1, 0.15) is 5.75 Å². The van der Waals surface area contributed by atoms with Crippen molar-refractivity contribution >= 4 is 17.6 Å². The molecule has 36 heavy (non-hydrogen) atoms. The third-order valence-corrected chi connectivity index (χ3v) is 5.84. The number of hydrogen-bond donors (Lipinski definition) is 1. The van der Waals surface area contributed by atoms with Crippen LogP contribution in [-0.2, 0) is 31.1 Å². The third kappa shape index (κ3) is 6.67. The largest absolute Gasteiger partial charge is 0.478 e. The van der Waals surface area contributed by atoms with Crippen molar-refractivity contribution in [3.8, 4) is 17.0 Å². The van der Waals surface area contributed by atoms with Crippen LogP contribution in [0.15, 0.2) is 61.2 Å². The van der Waals surface area contributed by atoms with Crippen molar-refractivity contribution < 1.29 is 27.8 Å². The standard InChI is InChI=1S/C26H27ClF3N3O3/c1-5-12-33(15-17-6-11-23(21(27)13-17)36-25(2,3)24(34)35)16-20-14-22(31-32(20)4)18-7-9-19(10-8-18)26(28,29)30/h5-11,13-14H,1,12,15-16H2,2-4H3,(H,34,35). The van der Waals surface area contributed by atoms with Crippen LogP contribution in [-0.4, -0.2) is 37.9 Å². The molecule has 3 rings (SSSR count). The molecule has 1 heterocycles. The number of aryl methyl sites for hydroxylation is 1. The number of rotatable bonds is 10. The number of alkyl halides is 3. The van der Waals surface area contributed by atoms with Crippen LogP contribution in [0.1, 0.15) is 30.7 Å². The zero-order valence-electron chi connectivity index (χ0n) is 20.1. The second kappa shape index (κ2) is 10.8. The normalized spacial score (nSPS) is 12.1. The maximum absolute atomic E-state index is 12.9. The first-order chi connectivity index (χ1) is 16.8. The van der Waals surface area contributed by atoms with Gasteiger partial charge in [-0.1, -0.05) is 35.9 Å². The molecule has 3 aromatic rings. The first-order valence-corrected chi connectivity index (χ1v) is 11.4. The molecule has 192 valence electrons. The molecule has 0 amide bonds. The summed E-state index contributed by atoms with van der Waals surface area (Å²) >= 11 is 6.36. The number of carbonyl (C=O) groups is 1. The molecule has 0 bridgehead atoms. The van der Waals surface area contributed by atoms with Crippen LogP contribution in [0.3, 0.4) is 0 Å². The summed E-state index contributed by atoms with van der Waals surface area (Å²) in [5.74, 6) is -0.831. The van der Waals surface area contributed by atoms with Crippen LogP contribution < -0.4 is 4.74 Å². The molecule has 0 saturated heterocycles. The lowest BCUT2D eigenvalue weighted by Crippen LogP contribution is -2.37. The molecule has 0 spiro atoms. The summed E-state index contributed by atoms with van der Waals surface area (Å²) in [6.45, 7) is 8.27. The molecule has 10 heteroatoms. The average Bonchev–Trinajstić information content (AvgIpc) is 3.15. The van der Waals surface area contributed by atoms with E-state index in [0.29, 0.717) is 35.9 Å². The summed E-state index contributed by atoms with van der Waals surface area (Å²) in [6.07, 6.45) is -2.62. The summed E-state index contributed by atoms with van der Waals surface area (Å²) < 4.78 is 45.8. The summed E-state index contributed by atoms with van der Waals surface area (Å²) in [5, 5.41) is 14.0. The van der Waals surface area contributed by atoms with Crippen molar-refractivity contribution in [2.24, 2.45) is 7.05 Å². The number of aliphatic carboxylic acids is 1. The van der Waals surface area contributed by atoms with Gasteiger partial charge in [0.05, 0.1) is 22.0 Å². The smallest absolute Gasteiger partial charge is 0.416 e. The Kier molecular flexibility index (Phi) is 8.15. The quantitative estimate of drug-likeness (QED) is 0.322. The number of ether oxygens (including phenoxy) is 1. The fourth-order valence-electron chi connectivity index (χ4n) is 3.52. The molecule has 1 aromatic heterocycles. The van der Waals surface area contributed by atoms with E-state index in [1.807, 2.05) is 12.1 Å². The number of hydrogen-bond acceptors (Lipinski definition) is 4. The van der Waals surface area contributed by atoms with E-state index >= 15 is 0 Å². The minimum Gasteiger partial charge on any atom is -0.478 e. The molecule has 6 nitrogen and oxygen atoms in total. The Hall–Kier alpha value is -3.30. The summed E-state index contributed by atoms with van der Waals surface area (Å²) in [4.78, 5) is 13.4. The summed E-state index contributed by atoms with van der Waals surface area (Å²) in [6, 6.07) is 11.9. The maximum Gasteiger partial charge on any atom is 0.416 e. The van der Waals surface area contributed by atoms with Crippen LogP contribution >= 0.6 is 11.6 Å². The van der Waals surface area contributed by atoms with Gasteiger partial charge in [-0.15, -0.1) is 6.58 Å². The summed E-state index contributed by atoms with van der Waals surface area (Å²) in [7, 11) is 1.78. The Labute approximate surface area is 212 Å². The molecule has 0 atom stereocenters. The van der Waals surface area contributed by atoms with Gasteiger partial charge in [0.2, 0.25) is 0 Å². The lowest BCUT2D eigenvalue weighted by Gasteiger charge is -2.23. The van der Waals surface area contributed by atoms with Gasteiger partial charge < -0.3 is 9.84 Å². The SMILES string of the molecule is C=CCN(Cc1ccc(OC(C)(C)C(=O)O)c(Cl)c1)Cc1cc(-c2ccc(C(F)(F)F)cc2)nn1C. The van der Waals surface area contributed by atoms with E-state index in [0.717, 1.165) is 23.4 Å². The van der Waals surface area contributed by atoms with Crippen molar-refractivity contribution in [2.45, 2.75) is 38.7 Å². The highest BCUT2D eigenvalue weighted by Crippen LogP contribution is 2.32. The monoisotopic (exact) mass is 521 g/mol. The van der Waals surface area contributed by atoms with Gasteiger partial charge in [0.25, 0.3) is 0 Å². The number of carboxylic acids is 1. The molecule has 0 radical (unpaired) electrons. The van der Waals surface area contributed by atoms with Crippen molar-refractivity contribution in [3.63, 3.8) is 0 Å². The van der Waals surface area contributed by atoms with Gasteiger partial charge in [-0.25, -0.2) is 4.79 Å². The molecular weight excluding hydrogens is 495 g/mol. The lowest BCUT2D eigenvalue weighted by molar-refractivity contribution is -0.152. The highest BCUT2D eigenvalue weighted by molar-refractivity contribution is 6.32. The van der Waals surface area contributed by atoms with Crippen molar-refractivity contribution in [3.05, 3.63) is 83.0 Å². The maximum atomic E-state index is 12.9. The lowest BCUT2D eigenvalue weighted by atomic mass is 10.1. The van der Waals surface area contributed by atoms with Gasteiger partial charge in [0, 0.05) is 32.2 Å². The molecule has 0 aliphatic heterocycles. The molecule has 0 aliphatic rings. The topological polar surface area (TPSA) is 67.6 Å². The van der Waals surface area contributed by atoms with E-state index in [1.54, 1.807) is 29.9 Å². The van der Waals surface area contributed by atoms with Gasteiger partial charge in [-0.05, 0) is 49.7 Å². The third-order valence-electron chi connectivity index (χ3n) is 5.54. The number of aromatic nitrogens is 2. The van der Waals surface area contributed by atoms with Crippen LogP contribution in [0.4, 0.5) is 13.2 Å². The van der Waals surface area contributed by atoms with E-state index in [9.17, 15) is 23.1 Å². The highest BCUT2D eigenvalue weighted by atomic mass is 35.5. The Balaban J connectivity index is 1.75. The van der Waals surface area contributed by atoms with Crippen LogP contribution in [0.5, 0.6) is 5.75 Å². The number of benzene rings is 2. The van der Waals surface area contributed by atoms with E-state index in [1.165, 1.54) is 26.0 Å². The fraction of sp³-hybridized carbons (Fsp3) is 0.308. The van der Waals surface area contributed by atoms with Crippen LogP contribution in [0.25, 0.3) is 11.3 Å². The Bertz CT molecular complexity index is 1240. The van der Waals surface area contributed by atoms with Crippen molar-refractivity contribution in [1.29, 1.82) is 0 Å². The number of halogens is 4. The number of nitrogens with zero attached hydrogens (tertiary/aromatic N) is 3. The second-order valence-corrected chi connectivity index (χ2v) is 9.27. The van der Waals surface area contributed by atoms with E-state index in [2.05, 4.69) is 16.6 Å². The van der Waals surface area contributed by atoms with Gasteiger partial charge >= 0.3 is 12.1 Å². The Morgan fingerprint density at radius 3 is 2.39 bits per heavy atom. The molecule has 2 aromatic carbocycles. The molecule has 0 fully saturated rings. The van der Waals surface area contributed by atoms with E-state index in [-0.39, 0.29) is 5.75 Å².